The van der Waals surface area contributed by atoms with Gasteiger partial charge in [0.2, 0.25) is 5.95 Å². The van der Waals surface area contributed by atoms with Crippen LogP contribution in [0, 0.1) is 12.8 Å². The molecule has 0 radical (unpaired) electrons. The molecule has 0 atom stereocenters. The first-order chi connectivity index (χ1) is 9.94. The number of nitrogens with zero attached hydrogens (tertiary/aromatic N) is 2. The molecule has 21 heavy (non-hydrogen) atoms. The van der Waals surface area contributed by atoms with Gasteiger partial charge in [0.05, 0.1) is 10.7 Å². The standard InChI is InChI=1S/C15H18Cl2N4/c1-9(2)8-18-14-6-10(3)19-15(21-14)20-13-5-4-11(16)7-12(13)17/h4-7,9H,8H2,1-3H3,(H2,18,19,20,21). The van der Waals surface area contributed by atoms with E-state index in [2.05, 4.69) is 34.4 Å². The first-order valence-corrected chi connectivity index (χ1v) is 7.51. The maximum absolute atomic E-state index is 6.14. The lowest BCUT2D eigenvalue weighted by atomic mass is 10.2. The van der Waals surface area contributed by atoms with Crippen molar-refractivity contribution in [2.24, 2.45) is 5.92 Å². The minimum absolute atomic E-state index is 0.505. The number of hydrogen-bond donors (Lipinski definition) is 2. The summed E-state index contributed by atoms with van der Waals surface area (Å²) in [5.74, 6) is 1.84. The van der Waals surface area contributed by atoms with E-state index in [4.69, 9.17) is 23.2 Å². The number of halogens is 2. The molecule has 0 unspecified atom stereocenters. The minimum atomic E-state index is 0.505. The molecular weight excluding hydrogens is 307 g/mol. The Morgan fingerprint density at radius 3 is 2.57 bits per heavy atom. The van der Waals surface area contributed by atoms with Crippen LogP contribution in [0.3, 0.4) is 0 Å². The van der Waals surface area contributed by atoms with Gasteiger partial charge in [0, 0.05) is 23.3 Å². The summed E-state index contributed by atoms with van der Waals surface area (Å²) in [7, 11) is 0. The summed E-state index contributed by atoms with van der Waals surface area (Å²) in [5.41, 5.74) is 1.60. The SMILES string of the molecule is Cc1cc(NCC(C)C)nc(Nc2ccc(Cl)cc2Cl)n1. The van der Waals surface area contributed by atoms with Crippen molar-refractivity contribution in [3.63, 3.8) is 0 Å². The topological polar surface area (TPSA) is 49.8 Å². The number of aryl methyl sites for hydroxylation is 1. The van der Waals surface area contributed by atoms with Crippen molar-refractivity contribution in [2.75, 3.05) is 17.2 Å². The van der Waals surface area contributed by atoms with Crippen molar-refractivity contribution in [2.45, 2.75) is 20.8 Å². The third-order valence-corrected chi connectivity index (χ3v) is 3.27. The summed E-state index contributed by atoms with van der Waals surface area (Å²) in [6.07, 6.45) is 0. The molecule has 0 fully saturated rings. The van der Waals surface area contributed by atoms with Gasteiger partial charge in [0.1, 0.15) is 5.82 Å². The summed E-state index contributed by atoms with van der Waals surface area (Å²) in [6.45, 7) is 7.08. The van der Waals surface area contributed by atoms with E-state index < -0.39 is 0 Å². The summed E-state index contributed by atoms with van der Waals surface area (Å²) < 4.78 is 0. The highest BCUT2D eigenvalue weighted by Gasteiger charge is 2.06. The Balaban J connectivity index is 2.19. The molecule has 2 aromatic rings. The Hall–Kier alpha value is -1.52. The van der Waals surface area contributed by atoms with Gasteiger partial charge < -0.3 is 10.6 Å². The predicted octanol–water partition coefficient (Wildman–Crippen LogP) is 4.90. The number of benzene rings is 1. The van der Waals surface area contributed by atoms with E-state index in [-0.39, 0.29) is 0 Å². The molecule has 1 heterocycles. The smallest absolute Gasteiger partial charge is 0.229 e. The molecule has 0 amide bonds. The maximum atomic E-state index is 6.14. The first kappa shape index (κ1) is 15.9. The molecule has 0 aliphatic carbocycles. The molecule has 2 N–H and O–H groups in total. The van der Waals surface area contributed by atoms with Crippen molar-refractivity contribution in [1.82, 2.24) is 9.97 Å². The normalized spacial score (nSPS) is 10.8. The number of aromatic nitrogens is 2. The van der Waals surface area contributed by atoms with E-state index in [1.807, 2.05) is 13.0 Å². The van der Waals surface area contributed by atoms with Crippen molar-refractivity contribution >= 4 is 40.7 Å². The molecule has 0 aliphatic rings. The summed E-state index contributed by atoms with van der Waals surface area (Å²) in [6, 6.07) is 7.16. The van der Waals surface area contributed by atoms with E-state index in [0.717, 1.165) is 23.7 Å². The van der Waals surface area contributed by atoms with Gasteiger partial charge in [0.15, 0.2) is 0 Å². The van der Waals surface area contributed by atoms with Crippen LogP contribution in [-0.2, 0) is 0 Å². The first-order valence-electron chi connectivity index (χ1n) is 6.75. The van der Waals surface area contributed by atoms with E-state index in [1.54, 1.807) is 18.2 Å². The van der Waals surface area contributed by atoms with E-state index in [9.17, 15) is 0 Å². The summed E-state index contributed by atoms with van der Waals surface area (Å²) in [4.78, 5) is 8.81. The molecule has 2 rings (SSSR count). The number of anilines is 3. The lowest BCUT2D eigenvalue weighted by Crippen LogP contribution is -2.10. The zero-order valence-corrected chi connectivity index (χ0v) is 13.8. The van der Waals surface area contributed by atoms with Gasteiger partial charge in [-0.3, -0.25) is 0 Å². The Morgan fingerprint density at radius 1 is 1.14 bits per heavy atom. The fourth-order valence-corrected chi connectivity index (χ4v) is 2.19. The largest absolute Gasteiger partial charge is 0.370 e. The summed E-state index contributed by atoms with van der Waals surface area (Å²) in [5, 5.41) is 7.53. The van der Waals surface area contributed by atoms with Gasteiger partial charge in [0.25, 0.3) is 0 Å². The zero-order valence-electron chi connectivity index (χ0n) is 12.2. The van der Waals surface area contributed by atoms with Crippen molar-refractivity contribution in [3.8, 4) is 0 Å². The molecule has 1 aromatic heterocycles. The monoisotopic (exact) mass is 324 g/mol. The van der Waals surface area contributed by atoms with Crippen molar-refractivity contribution in [1.29, 1.82) is 0 Å². The second kappa shape index (κ2) is 6.96. The predicted molar refractivity (Wildman–Crippen MR) is 89.8 cm³/mol. The molecule has 112 valence electrons. The molecule has 0 saturated carbocycles. The van der Waals surface area contributed by atoms with Gasteiger partial charge in [-0.2, -0.15) is 4.98 Å². The molecule has 1 aromatic carbocycles. The third-order valence-electron chi connectivity index (χ3n) is 2.72. The molecule has 0 saturated heterocycles. The maximum Gasteiger partial charge on any atom is 0.229 e. The number of hydrogen-bond acceptors (Lipinski definition) is 4. The molecule has 4 nitrogen and oxygen atoms in total. The Bertz CT molecular complexity index is 629. The average Bonchev–Trinajstić information content (AvgIpc) is 2.39. The lowest BCUT2D eigenvalue weighted by Gasteiger charge is -2.12. The van der Waals surface area contributed by atoms with Gasteiger partial charge >= 0.3 is 0 Å². The van der Waals surface area contributed by atoms with Crippen LogP contribution < -0.4 is 10.6 Å². The van der Waals surface area contributed by atoms with E-state index >= 15 is 0 Å². The molecule has 0 spiro atoms. The van der Waals surface area contributed by atoms with E-state index in [0.29, 0.717) is 21.9 Å². The lowest BCUT2D eigenvalue weighted by molar-refractivity contribution is 0.687. The average molecular weight is 325 g/mol. The second-order valence-electron chi connectivity index (χ2n) is 5.24. The molecular formula is C15H18Cl2N4. The van der Waals surface area contributed by atoms with Crippen LogP contribution in [0.5, 0.6) is 0 Å². The van der Waals surface area contributed by atoms with Crippen LogP contribution in [0.25, 0.3) is 0 Å². The van der Waals surface area contributed by atoms with Gasteiger partial charge in [-0.25, -0.2) is 4.98 Å². The van der Waals surface area contributed by atoms with Crippen LogP contribution >= 0.6 is 23.2 Å². The van der Waals surface area contributed by atoms with E-state index in [1.165, 1.54) is 0 Å². The van der Waals surface area contributed by atoms with Crippen molar-refractivity contribution in [3.05, 3.63) is 40.0 Å². The summed E-state index contributed by atoms with van der Waals surface area (Å²) >= 11 is 12.0. The fraction of sp³-hybridized carbons (Fsp3) is 0.333. The minimum Gasteiger partial charge on any atom is -0.370 e. The molecule has 0 aliphatic heterocycles. The zero-order chi connectivity index (χ0) is 15.4. The Morgan fingerprint density at radius 2 is 1.90 bits per heavy atom. The van der Waals surface area contributed by atoms with Crippen LogP contribution in [0.15, 0.2) is 24.3 Å². The van der Waals surface area contributed by atoms with Crippen molar-refractivity contribution < 1.29 is 0 Å². The van der Waals surface area contributed by atoms with Crippen LogP contribution in [0.1, 0.15) is 19.5 Å². The highest BCUT2D eigenvalue weighted by atomic mass is 35.5. The van der Waals surface area contributed by atoms with Gasteiger partial charge in [-0.15, -0.1) is 0 Å². The fourth-order valence-electron chi connectivity index (χ4n) is 1.74. The third kappa shape index (κ3) is 4.76. The Kier molecular flexibility index (Phi) is 5.26. The number of nitrogens with one attached hydrogen (secondary N) is 2. The van der Waals surface area contributed by atoms with Gasteiger partial charge in [-0.1, -0.05) is 37.0 Å². The van der Waals surface area contributed by atoms with Gasteiger partial charge in [-0.05, 0) is 31.0 Å². The van der Waals surface area contributed by atoms with Crippen LogP contribution in [0.4, 0.5) is 17.5 Å². The van der Waals surface area contributed by atoms with Crippen LogP contribution in [-0.4, -0.2) is 16.5 Å². The second-order valence-corrected chi connectivity index (χ2v) is 6.09. The highest BCUT2D eigenvalue weighted by Crippen LogP contribution is 2.27. The van der Waals surface area contributed by atoms with Crippen LogP contribution in [0.2, 0.25) is 10.0 Å². The molecule has 0 bridgehead atoms. The highest BCUT2D eigenvalue weighted by molar-refractivity contribution is 6.36. The molecule has 6 heteroatoms. The number of rotatable bonds is 5. The quantitative estimate of drug-likeness (QED) is 0.820. The Labute approximate surface area is 134 Å².